The van der Waals surface area contributed by atoms with Gasteiger partial charge in [-0.25, -0.2) is 0 Å². The lowest BCUT2D eigenvalue weighted by molar-refractivity contribution is -0.138. The smallest absolute Gasteiger partial charge is 0.416 e. The number of hydrogen-bond donors (Lipinski definition) is 1. The molecule has 0 saturated carbocycles. The third-order valence-corrected chi connectivity index (χ3v) is 2.60. The summed E-state index contributed by atoms with van der Waals surface area (Å²) < 4.78 is 38.1. The minimum absolute atomic E-state index is 0.0429. The summed E-state index contributed by atoms with van der Waals surface area (Å²) in [5.74, 6) is -0.468. The predicted molar refractivity (Wildman–Crippen MR) is 61.3 cm³/mol. The minimum atomic E-state index is -4.51. The van der Waals surface area contributed by atoms with Crippen LogP contribution in [0.5, 0.6) is 5.75 Å². The number of hydrogen-bond acceptors (Lipinski definition) is 2. The molecule has 18 heavy (non-hydrogen) atoms. The van der Waals surface area contributed by atoms with Crippen molar-refractivity contribution in [1.29, 1.82) is 0 Å². The van der Waals surface area contributed by atoms with E-state index in [1.807, 2.05) is 6.92 Å². The number of rotatable bonds is 5. The van der Waals surface area contributed by atoms with E-state index in [0.717, 1.165) is 0 Å². The zero-order chi connectivity index (χ0) is 13.8. The van der Waals surface area contributed by atoms with Gasteiger partial charge >= 0.3 is 6.18 Å². The van der Waals surface area contributed by atoms with Crippen molar-refractivity contribution in [3.8, 4) is 5.75 Å². The van der Waals surface area contributed by atoms with E-state index < -0.39 is 17.5 Å². The largest absolute Gasteiger partial charge is 0.508 e. The number of aromatic hydroxyl groups is 1. The second-order valence-corrected chi connectivity index (χ2v) is 4.13. The van der Waals surface area contributed by atoms with Gasteiger partial charge in [0.25, 0.3) is 0 Å². The number of phenols is 1. The Morgan fingerprint density at radius 1 is 1.28 bits per heavy atom. The van der Waals surface area contributed by atoms with E-state index in [9.17, 15) is 18.0 Å². The van der Waals surface area contributed by atoms with Gasteiger partial charge in [-0.15, -0.1) is 0 Å². The highest BCUT2D eigenvalue weighted by Crippen LogP contribution is 2.34. The number of ketones is 1. The molecule has 1 rings (SSSR count). The molecule has 0 aliphatic rings. The van der Waals surface area contributed by atoms with Crippen LogP contribution in [0.4, 0.5) is 13.2 Å². The fourth-order valence-corrected chi connectivity index (χ4v) is 1.72. The van der Waals surface area contributed by atoms with E-state index >= 15 is 0 Å². The van der Waals surface area contributed by atoms with Crippen molar-refractivity contribution in [2.75, 3.05) is 0 Å². The van der Waals surface area contributed by atoms with Crippen LogP contribution in [0.1, 0.15) is 37.3 Å². The summed E-state index contributed by atoms with van der Waals surface area (Å²) in [6, 6.07) is 3.12. The van der Waals surface area contributed by atoms with Crippen LogP contribution in [-0.4, -0.2) is 10.9 Å². The Kier molecular flexibility index (Phi) is 4.76. The van der Waals surface area contributed by atoms with Crippen LogP contribution < -0.4 is 0 Å². The van der Waals surface area contributed by atoms with Gasteiger partial charge in [0, 0.05) is 12.8 Å². The summed E-state index contributed by atoms with van der Waals surface area (Å²) in [7, 11) is 0. The fraction of sp³-hybridized carbons (Fsp3) is 0.462. The van der Waals surface area contributed by atoms with Crippen molar-refractivity contribution < 1.29 is 23.1 Å². The molecule has 0 fully saturated rings. The van der Waals surface area contributed by atoms with Crippen LogP contribution in [0, 0.1) is 0 Å². The lowest BCUT2D eigenvalue weighted by atomic mass is 9.99. The van der Waals surface area contributed by atoms with Gasteiger partial charge in [-0.05, 0) is 30.5 Å². The van der Waals surface area contributed by atoms with Gasteiger partial charge in [0.15, 0.2) is 0 Å². The monoisotopic (exact) mass is 260 g/mol. The molecule has 5 heteroatoms. The molecule has 2 nitrogen and oxygen atoms in total. The first-order chi connectivity index (χ1) is 8.34. The molecular weight excluding hydrogens is 245 g/mol. The second-order valence-electron chi connectivity index (χ2n) is 4.13. The van der Waals surface area contributed by atoms with Crippen molar-refractivity contribution >= 4 is 5.78 Å². The molecule has 0 aliphatic carbocycles. The minimum Gasteiger partial charge on any atom is -0.508 e. The van der Waals surface area contributed by atoms with Crippen LogP contribution in [0.3, 0.4) is 0 Å². The molecule has 0 saturated heterocycles. The first-order valence-electron chi connectivity index (χ1n) is 5.75. The number of halogens is 3. The average Bonchev–Trinajstić information content (AvgIpc) is 2.26. The molecule has 0 aromatic heterocycles. The van der Waals surface area contributed by atoms with E-state index in [-0.39, 0.29) is 24.2 Å². The number of phenolic OH excluding ortho intramolecular Hbond substituents is 1. The molecule has 0 heterocycles. The average molecular weight is 260 g/mol. The van der Waals surface area contributed by atoms with Crippen LogP contribution in [0.2, 0.25) is 0 Å². The SMILES string of the molecule is CCCC(=O)CCc1ccc(O)cc1C(F)(F)F. The maximum atomic E-state index is 12.7. The molecule has 0 spiro atoms. The Morgan fingerprint density at radius 2 is 1.94 bits per heavy atom. The summed E-state index contributed by atoms with van der Waals surface area (Å²) in [4.78, 5) is 11.3. The Bertz CT molecular complexity index is 425. The maximum Gasteiger partial charge on any atom is 0.416 e. The maximum absolute atomic E-state index is 12.7. The lowest BCUT2D eigenvalue weighted by Crippen LogP contribution is -2.10. The predicted octanol–water partition coefficient (Wildman–Crippen LogP) is 3.71. The standard InChI is InChI=1S/C13H15F3O2/c1-2-3-10(17)6-4-9-5-7-11(18)8-12(9)13(14,15)16/h5,7-8,18H,2-4,6H2,1H3. The highest BCUT2D eigenvalue weighted by atomic mass is 19.4. The van der Waals surface area contributed by atoms with Gasteiger partial charge < -0.3 is 5.11 Å². The van der Waals surface area contributed by atoms with Crippen molar-refractivity contribution in [2.45, 2.75) is 38.8 Å². The van der Waals surface area contributed by atoms with Crippen LogP contribution in [0.15, 0.2) is 18.2 Å². The third-order valence-electron chi connectivity index (χ3n) is 2.60. The summed E-state index contributed by atoms with van der Waals surface area (Å²) in [5.41, 5.74) is -0.823. The molecule has 1 N–H and O–H groups in total. The summed E-state index contributed by atoms with van der Waals surface area (Å²) in [6.07, 6.45) is -3.28. The van der Waals surface area contributed by atoms with E-state index in [0.29, 0.717) is 18.9 Å². The van der Waals surface area contributed by atoms with Gasteiger partial charge in [-0.3, -0.25) is 4.79 Å². The molecule has 0 unspecified atom stereocenters. The van der Waals surface area contributed by atoms with Gasteiger partial charge in [0.05, 0.1) is 5.56 Å². The van der Waals surface area contributed by atoms with Gasteiger partial charge in [-0.2, -0.15) is 13.2 Å². The third kappa shape index (κ3) is 4.05. The molecule has 1 aromatic carbocycles. The topological polar surface area (TPSA) is 37.3 Å². The quantitative estimate of drug-likeness (QED) is 0.876. The van der Waals surface area contributed by atoms with Crippen molar-refractivity contribution in [1.82, 2.24) is 0 Å². The van der Waals surface area contributed by atoms with Gasteiger partial charge in [-0.1, -0.05) is 13.0 Å². The van der Waals surface area contributed by atoms with Crippen LogP contribution in [-0.2, 0) is 17.4 Å². The van der Waals surface area contributed by atoms with Gasteiger partial charge in [0.2, 0.25) is 0 Å². The molecule has 0 bridgehead atoms. The van der Waals surface area contributed by atoms with Crippen LogP contribution >= 0.6 is 0 Å². The lowest BCUT2D eigenvalue weighted by Gasteiger charge is -2.12. The molecule has 0 aliphatic heterocycles. The molecule has 100 valence electrons. The zero-order valence-electron chi connectivity index (χ0n) is 10.0. The van der Waals surface area contributed by atoms with Crippen LogP contribution in [0.25, 0.3) is 0 Å². The van der Waals surface area contributed by atoms with E-state index in [1.54, 1.807) is 0 Å². The second kappa shape index (κ2) is 5.89. The Morgan fingerprint density at radius 3 is 2.50 bits per heavy atom. The summed E-state index contributed by atoms with van der Waals surface area (Å²) in [5, 5.41) is 9.10. The fourth-order valence-electron chi connectivity index (χ4n) is 1.72. The van der Waals surface area contributed by atoms with E-state index in [2.05, 4.69) is 0 Å². The molecule has 0 atom stereocenters. The Hall–Kier alpha value is -1.52. The highest BCUT2D eigenvalue weighted by molar-refractivity contribution is 5.78. The highest BCUT2D eigenvalue weighted by Gasteiger charge is 2.33. The van der Waals surface area contributed by atoms with Gasteiger partial charge in [0.1, 0.15) is 11.5 Å². The number of benzene rings is 1. The molecule has 1 aromatic rings. The number of alkyl halides is 3. The molecule has 0 amide bonds. The van der Waals surface area contributed by atoms with E-state index in [1.165, 1.54) is 12.1 Å². The number of carbonyl (C=O) groups excluding carboxylic acids is 1. The number of carbonyl (C=O) groups is 1. The number of aryl methyl sites for hydroxylation is 1. The Labute approximate surface area is 103 Å². The molecule has 0 radical (unpaired) electrons. The first-order valence-corrected chi connectivity index (χ1v) is 5.75. The summed E-state index contributed by atoms with van der Waals surface area (Å²) in [6.45, 7) is 1.85. The van der Waals surface area contributed by atoms with Crippen molar-refractivity contribution in [3.05, 3.63) is 29.3 Å². The van der Waals surface area contributed by atoms with Crippen molar-refractivity contribution in [3.63, 3.8) is 0 Å². The Balaban J connectivity index is 2.85. The number of Topliss-reactive ketones (excluding diaryl/α,β-unsaturated/α-hetero) is 1. The van der Waals surface area contributed by atoms with E-state index in [4.69, 9.17) is 5.11 Å². The van der Waals surface area contributed by atoms with Crippen molar-refractivity contribution in [2.24, 2.45) is 0 Å². The first kappa shape index (κ1) is 14.5. The summed E-state index contributed by atoms with van der Waals surface area (Å²) >= 11 is 0. The normalized spacial score (nSPS) is 11.6. The molecular formula is C13H15F3O2. The zero-order valence-corrected chi connectivity index (χ0v) is 10.0.